The fraction of sp³-hybridized carbons (Fsp3) is 0.400. The molecule has 18 heavy (non-hydrogen) atoms. The zero-order valence-corrected chi connectivity index (χ0v) is 12.0. The van der Waals surface area contributed by atoms with Crippen LogP contribution in [0.2, 0.25) is 0 Å². The Kier molecular flexibility index (Phi) is 4.15. The smallest absolute Gasteiger partial charge is 0.110 e. The molecule has 1 aromatic carbocycles. The van der Waals surface area contributed by atoms with E-state index in [4.69, 9.17) is 5.73 Å². The molecular weight excluding hydrogens is 240 g/mol. The summed E-state index contributed by atoms with van der Waals surface area (Å²) >= 11 is 1.63. The van der Waals surface area contributed by atoms with E-state index in [1.54, 1.807) is 11.3 Å². The Morgan fingerprint density at radius 3 is 2.39 bits per heavy atom. The predicted octanol–water partition coefficient (Wildman–Crippen LogP) is 4.34. The van der Waals surface area contributed by atoms with E-state index in [1.165, 1.54) is 17.5 Å². The molecule has 0 fully saturated rings. The molecule has 1 aromatic heterocycles. The first-order valence-corrected chi connectivity index (χ1v) is 7.31. The van der Waals surface area contributed by atoms with Crippen LogP contribution in [-0.4, -0.2) is 4.98 Å². The first-order valence-electron chi connectivity index (χ1n) is 6.43. The number of hydrogen-bond donors (Lipinski definition) is 1. The van der Waals surface area contributed by atoms with Crippen LogP contribution in [0.4, 0.5) is 0 Å². The summed E-state index contributed by atoms with van der Waals surface area (Å²) in [5.41, 5.74) is 9.43. The van der Waals surface area contributed by atoms with Gasteiger partial charge >= 0.3 is 0 Å². The van der Waals surface area contributed by atoms with Gasteiger partial charge in [0.15, 0.2) is 0 Å². The number of rotatable bonds is 4. The Balaban J connectivity index is 2.23. The maximum atomic E-state index is 5.83. The van der Waals surface area contributed by atoms with Crippen molar-refractivity contribution in [2.75, 3.05) is 0 Å². The highest BCUT2D eigenvalue weighted by atomic mass is 32.1. The van der Waals surface area contributed by atoms with Gasteiger partial charge in [0.05, 0.1) is 11.7 Å². The first kappa shape index (κ1) is 13.2. The van der Waals surface area contributed by atoms with Crippen LogP contribution in [0.3, 0.4) is 0 Å². The third-order valence-corrected chi connectivity index (χ3v) is 4.35. The van der Waals surface area contributed by atoms with Crippen molar-refractivity contribution in [3.63, 3.8) is 0 Å². The minimum absolute atomic E-state index is 0.0168. The van der Waals surface area contributed by atoms with Gasteiger partial charge in [-0.3, -0.25) is 0 Å². The average molecular weight is 260 g/mol. The van der Waals surface area contributed by atoms with Gasteiger partial charge in [-0.25, -0.2) is 4.98 Å². The van der Waals surface area contributed by atoms with Gasteiger partial charge in [0.2, 0.25) is 0 Å². The minimum atomic E-state index is 0.0168. The van der Waals surface area contributed by atoms with E-state index in [0.717, 1.165) is 10.7 Å². The lowest BCUT2D eigenvalue weighted by Crippen LogP contribution is -2.03. The van der Waals surface area contributed by atoms with Crippen LogP contribution in [0.25, 0.3) is 11.3 Å². The molecule has 0 saturated carbocycles. The van der Waals surface area contributed by atoms with Gasteiger partial charge in [-0.05, 0) is 24.8 Å². The summed E-state index contributed by atoms with van der Waals surface area (Å²) in [6.07, 6.45) is 1.17. The second-order valence-electron chi connectivity index (χ2n) is 4.79. The van der Waals surface area contributed by atoms with E-state index < -0.39 is 0 Å². The molecule has 2 atom stereocenters. The third kappa shape index (κ3) is 2.79. The molecule has 3 heteroatoms. The van der Waals surface area contributed by atoms with Crippen molar-refractivity contribution < 1.29 is 0 Å². The van der Waals surface area contributed by atoms with Crippen LogP contribution in [0.15, 0.2) is 29.6 Å². The highest BCUT2D eigenvalue weighted by molar-refractivity contribution is 7.10. The summed E-state index contributed by atoms with van der Waals surface area (Å²) in [5.74, 6) is 0.620. The van der Waals surface area contributed by atoms with Crippen molar-refractivity contribution in [3.8, 4) is 11.3 Å². The van der Waals surface area contributed by atoms with Crippen LogP contribution in [-0.2, 0) is 0 Å². The van der Waals surface area contributed by atoms with Crippen molar-refractivity contribution in [1.82, 2.24) is 4.98 Å². The lowest BCUT2D eigenvalue weighted by atomic mass is 9.97. The Hall–Kier alpha value is -1.19. The molecule has 0 radical (unpaired) electrons. The van der Waals surface area contributed by atoms with E-state index in [2.05, 4.69) is 48.5 Å². The average Bonchev–Trinajstić information content (AvgIpc) is 2.88. The molecule has 2 aromatic rings. The molecule has 0 bridgehead atoms. The third-order valence-electron chi connectivity index (χ3n) is 3.30. The van der Waals surface area contributed by atoms with E-state index in [-0.39, 0.29) is 6.04 Å². The Bertz CT molecular complexity index is 499. The molecule has 1 heterocycles. The SMILES string of the molecule is CCC(C)c1ccc(-c2csc(C(C)N)n2)cc1. The number of nitrogens with zero attached hydrogens (tertiary/aromatic N) is 1. The van der Waals surface area contributed by atoms with Crippen LogP contribution in [0.1, 0.15) is 49.7 Å². The molecule has 0 aliphatic rings. The van der Waals surface area contributed by atoms with Crippen LogP contribution >= 0.6 is 11.3 Å². The standard InChI is InChI=1S/C15H20N2S/c1-4-10(2)12-5-7-13(8-6-12)14-9-18-15(17-14)11(3)16/h5-11H,4,16H2,1-3H3. The molecular formula is C15H20N2S. The molecule has 96 valence electrons. The van der Waals surface area contributed by atoms with Crippen molar-refractivity contribution >= 4 is 11.3 Å². The zero-order valence-electron chi connectivity index (χ0n) is 11.2. The Labute approximate surface area is 113 Å². The summed E-state index contributed by atoms with van der Waals surface area (Å²) in [7, 11) is 0. The number of benzene rings is 1. The molecule has 0 spiro atoms. The summed E-state index contributed by atoms with van der Waals surface area (Å²) in [6.45, 7) is 6.44. The first-order chi connectivity index (χ1) is 8.61. The molecule has 0 amide bonds. The predicted molar refractivity (Wildman–Crippen MR) is 78.9 cm³/mol. The summed E-state index contributed by atoms with van der Waals surface area (Å²) in [4.78, 5) is 4.57. The van der Waals surface area contributed by atoms with E-state index >= 15 is 0 Å². The fourth-order valence-corrected chi connectivity index (χ4v) is 2.63. The molecule has 2 unspecified atom stereocenters. The second kappa shape index (κ2) is 5.63. The summed E-state index contributed by atoms with van der Waals surface area (Å²) in [5, 5.41) is 3.08. The van der Waals surface area contributed by atoms with E-state index in [0.29, 0.717) is 5.92 Å². The molecule has 0 aliphatic heterocycles. The maximum Gasteiger partial charge on any atom is 0.110 e. The lowest BCUT2D eigenvalue weighted by molar-refractivity contribution is 0.734. The van der Waals surface area contributed by atoms with Crippen molar-refractivity contribution in [1.29, 1.82) is 0 Å². The molecule has 2 N–H and O–H groups in total. The zero-order chi connectivity index (χ0) is 13.1. The Morgan fingerprint density at radius 1 is 1.22 bits per heavy atom. The topological polar surface area (TPSA) is 38.9 Å². The van der Waals surface area contributed by atoms with Crippen molar-refractivity contribution in [2.24, 2.45) is 5.73 Å². The number of thiazole rings is 1. The molecule has 0 saturated heterocycles. The Morgan fingerprint density at radius 2 is 1.89 bits per heavy atom. The van der Waals surface area contributed by atoms with Crippen molar-refractivity contribution in [2.45, 2.75) is 39.2 Å². The molecule has 2 rings (SSSR count). The van der Waals surface area contributed by atoms with Gasteiger partial charge < -0.3 is 5.73 Å². The monoisotopic (exact) mass is 260 g/mol. The summed E-state index contributed by atoms with van der Waals surface area (Å²) in [6, 6.07) is 8.73. The maximum absolute atomic E-state index is 5.83. The highest BCUT2D eigenvalue weighted by Gasteiger charge is 2.08. The fourth-order valence-electron chi connectivity index (χ4n) is 1.85. The van der Waals surface area contributed by atoms with Crippen molar-refractivity contribution in [3.05, 3.63) is 40.2 Å². The number of nitrogens with two attached hydrogens (primary N) is 1. The molecule has 2 nitrogen and oxygen atoms in total. The number of aromatic nitrogens is 1. The quantitative estimate of drug-likeness (QED) is 0.888. The second-order valence-corrected chi connectivity index (χ2v) is 5.68. The van der Waals surface area contributed by atoms with E-state index in [9.17, 15) is 0 Å². The van der Waals surface area contributed by atoms with Crippen LogP contribution in [0.5, 0.6) is 0 Å². The van der Waals surface area contributed by atoms with Gasteiger partial charge in [-0.2, -0.15) is 0 Å². The van der Waals surface area contributed by atoms with E-state index in [1.807, 2.05) is 6.92 Å². The van der Waals surface area contributed by atoms with Crippen LogP contribution < -0.4 is 5.73 Å². The van der Waals surface area contributed by atoms with Gasteiger partial charge in [0.1, 0.15) is 5.01 Å². The van der Waals surface area contributed by atoms with Gasteiger partial charge in [-0.1, -0.05) is 38.1 Å². The van der Waals surface area contributed by atoms with Gasteiger partial charge in [0, 0.05) is 10.9 Å². The normalized spacial score (nSPS) is 14.4. The van der Waals surface area contributed by atoms with Gasteiger partial charge in [0.25, 0.3) is 0 Å². The molecule has 0 aliphatic carbocycles. The lowest BCUT2D eigenvalue weighted by Gasteiger charge is -2.08. The number of hydrogen-bond acceptors (Lipinski definition) is 3. The van der Waals surface area contributed by atoms with Crippen LogP contribution in [0, 0.1) is 0 Å². The highest BCUT2D eigenvalue weighted by Crippen LogP contribution is 2.26. The van der Waals surface area contributed by atoms with Gasteiger partial charge in [-0.15, -0.1) is 11.3 Å². The minimum Gasteiger partial charge on any atom is -0.322 e. The largest absolute Gasteiger partial charge is 0.322 e. The summed E-state index contributed by atoms with van der Waals surface area (Å²) < 4.78 is 0.